The van der Waals surface area contributed by atoms with E-state index in [0.717, 1.165) is 25.9 Å². The fraction of sp³-hybridized carbons (Fsp3) is 0.941. The fourth-order valence-corrected chi connectivity index (χ4v) is 4.22. The summed E-state index contributed by atoms with van der Waals surface area (Å²) in [5, 5.41) is 3.25. The van der Waals surface area contributed by atoms with Gasteiger partial charge in [-0.15, -0.1) is 12.4 Å². The molecule has 0 aromatic rings. The largest absolute Gasteiger partial charge is 0.378 e. The molecular formula is C17H33ClN2O2. The van der Waals surface area contributed by atoms with E-state index in [1.54, 1.807) is 0 Å². The molecule has 0 bridgehead atoms. The van der Waals surface area contributed by atoms with Crippen LogP contribution < -0.4 is 11.1 Å². The number of nitrogens with two attached hydrogens (primary N) is 1. The molecule has 2 aliphatic carbocycles. The first-order chi connectivity index (χ1) is 9.96. The van der Waals surface area contributed by atoms with E-state index in [2.05, 4.69) is 19.2 Å². The van der Waals surface area contributed by atoms with Gasteiger partial charge in [-0.1, -0.05) is 32.6 Å². The number of carbonyl (C=O) groups is 1. The molecule has 3 unspecified atom stereocenters. The van der Waals surface area contributed by atoms with Crippen LogP contribution in [0.15, 0.2) is 0 Å². The van der Waals surface area contributed by atoms with Crippen LogP contribution in [0.3, 0.4) is 0 Å². The van der Waals surface area contributed by atoms with Gasteiger partial charge in [0.1, 0.15) is 0 Å². The molecule has 0 radical (unpaired) electrons. The third kappa shape index (κ3) is 3.77. The van der Waals surface area contributed by atoms with Gasteiger partial charge in [-0.05, 0) is 39.5 Å². The maximum Gasteiger partial charge on any atom is 0.240 e. The Labute approximate surface area is 141 Å². The summed E-state index contributed by atoms with van der Waals surface area (Å²) in [5.74, 6) is 0.00856. The number of hydrogen-bond acceptors (Lipinski definition) is 3. The van der Waals surface area contributed by atoms with Crippen LogP contribution in [-0.4, -0.2) is 30.2 Å². The smallest absolute Gasteiger partial charge is 0.240 e. The van der Waals surface area contributed by atoms with Crippen LogP contribution in [0.5, 0.6) is 0 Å². The highest BCUT2D eigenvalue weighted by Gasteiger charge is 2.56. The minimum absolute atomic E-state index is 0. The lowest BCUT2D eigenvalue weighted by Crippen LogP contribution is -2.68. The van der Waals surface area contributed by atoms with Gasteiger partial charge in [0.2, 0.25) is 5.91 Å². The molecule has 22 heavy (non-hydrogen) atoms. The zero-order valence-corrected chi connectivity index (χ0v) is 15.1. The maximum atomic E-state index is 12.5. The Bertz CT molecular complexity index is 368. The summed E-state index contributed by atoms with van der Waals surface area (Å²) in [7, 11) is 0. The molecule has 3 N–H and O–H groups in total. The quantitative estimate of drug-likeness (QED) is 0.785. The zero-order chi connectivity index (χ0) is 15.5. The van der Waals surface area contributed by atoms with E-state index in [1.807, 2.05) is 6.92 Å². The molecule has 2 rings (SSSR count). The lowest BCUT2D eigenvalue weighted by Gasteiger charge is -2.58. The second kappa shape index (κ2) is 7.98. The average molecular weight is 333 g/mol. The predicted octanol–water partition coefficient (Wildman–Crippen LogP) is 3.17. The summed E-state index contributed by atoms with van der Waals surface area (Å²) in [6, 6.07) is 0.251. The van der Waals surface area contributed by atoms with Crippen molar-refractivity contribution in [1.82, 2.24) is 5.32 Å². The molecule has 0 aliphatic heterocycles. The van der Waals surface area contributed by atoms with Gasteiger partial charge in [-0.2, -0.15) is 0 Å². The molecule has 3 atom stereocenters. The Morgan fingerprint density at radius 1 is 1.32 bits per heavy atom. The lowest BCUT2D eigenvalue weighted by atomic mass is 9.55. The number of halogens is 1. The molecule has 1 spiro atoms. The summed E-state index contributed by atoms with van der Waals surface area (Å²) in [6.45, 7) is 6.73. The molecule has 2 fully saturated rings. The topological polar surface area (TPSA) is 64.4 Å². The Morgan fingerprint density at radius 2 is 1.95 bits per heavy atom. The van der Waals surface area contributed by atoms with Crippen molar-refractivity contribution in [3.05, 3.63) is 0 Å². The SMILES string of the molecule is CCCC(C)(N)C(=O)NC1CC(OCC)C12CCCCC2.Cl. The van der Waals surface area contributed by atoms with Crippen LogP contribution in [0.2, 0.25) is 0 Å². The highest BCUT2D eigenvalue weighted by atomic mass is 35.5. The maximum absolute atomic E-state index is 12.5. The summed E-state index contributed by atoms with van der Waals surface area (Å²) >= 11 is 0. The van der Waals surface area contributed by atoms with Gasteiger partial charge in [0.05, 0.1) is 11.6 Å². The van der Waals surface area contributed by atoms with Crippen molar-refractivity contribution in [3.8, 4) is 0 Å². The van der Waals surface area contributed by atoms with E-state index >= 15 is 0 Å². The molecule has 0 aromatic carbocycles. The Morgan fingerprint density at radius 3 is 2.50 bits per heavy atom. The minimum atomic E-state index is -0.749. The minimum Gasteiger partial charge on any atom is -0.378 e. The third-order valence-electron chi connectivity index (χ3n) is 5.53. The van der Waals surface area contributed by atoms with Crippen LogP contribution in [-0.2, 0) is 9.53 Å². The number of amides is 1. The monoisotopic (exact) mass is 332 g/mol. The molecule has 0 heterocycles. The van der Waals surface area contributed by atoms with Crippen molar-refractivity contribution in [2.75, 3.05) is 6.61 Å². The highest BCUT2D eigenvalue weighted by molar-refractivity contribution is 5.86. The second-order valence-electron chi connectivity index (χ2n) is 7.17. The van der Waals surface area contributed by atoms with Crippen molar-refractivity contribution in [2.45, 2.75) is 89.8 Å². The van der Waals surface area contributed by atoms with Crippen molar-refractivity contribution >= 4 is 18.3 Å². The first-order valence-corrected chi connectivity index (χ1v) is 8.67. The zero-order valence-electron chi connectivity index (χ0n) is 14.3. The standard InChI is InChI=1S/C17H32N2O2.ClH/c1-4-9-16(3,18)15(20)19-13-12-14(21-5-2)17(13)10-7-6-8-11-17;/h13-14H,4-12,18H2,1-3H3,(H,19,20);1H. The van der Waals surface area contributed by atoms with Crippen LogP contribution in [0.25, 0.3) is 0 Å². The molecule has 4 nitrogen and oxygen atoms in total. The second-order valence-corrected chi connectivity index (χ2v) is 7.17. The van der Waals surface area contributed by atoms with E-state index in [9.17, 15) is 4.79 Å². The molecule has 0 aromatic heterocycles. The number of hydrogen-bond donors (Lipinski definition) is 2. The highest BCUT2D eigenvalue weighted by Crippen LogP contribution is 2.53. The molecule has 2 saturated carbocycles. The van der Waals surface area contributed by atoms with Gasteiger partial charge < -0.3 is 15.8 Å². The van der Waals surface area contributed by atoms with E-state index in [-0.39, 0.29) is 29.8 Å². The van der Waals surface area contributed by atoms with Gasteiger partial charge in [-0.25, -0.2) is 0 Å². The lowest BCUT2D eigenvalue weighted by molar-refractivity contribution is -0.159. The number of nitrogens with one attached hydrogen (secondary N) is 1. The van der Waals surface area contributed by atoms with Gasteiger partial charge in [0, 0.05) is 18.1 Å². The molecule has 2 aliphatic rings. The molecule has 1 amide bonds. The van der Waals surface area contributed by atoms with Crippen LogP contribution >= 0.6 is 12.4 Å². The van der Waals surface area contributed by atoms with Crippen molar-refractivity contribution in [1.29, 1.82) is 0 Å². The van der Waals surface area contributed by atoms with Crippen LogP contribution in [0, 0.1) is 5.41 Å². The van der Waals surface area contributed by atoms with Gasteiger partial charge in [0.15, 0.2) is 0 Å². The predicted molar refractivity (Wildman–Crippen MR) is 92.2 cm³/mol. The van der Waals surface area contributed by atoms with Gasteiger partial charge in [0.25, 0.3) is 0 Å². The number of ether oxygens (including phenoxy) is 1. The Balaban J connectivity index is 0.00000242. The van der Waals surface area contributed by atoms with Gasteiger partial charge in [-0.3, -0.25) is 4.79 Å². The molecule has 0 saturated heterocycles. The summed E-state index contributed by atoms with van der Waals surface area (Å²) in [5.41, 5.74) is 5.59. The Hall–Kier alpha value is -0.320. The van der Waals surface area contributed by atoms with Gasteiger partial charge >= 0.3 is 0 Å². The molecular weight excluding hydrogens is 300 g/mol. The molecule has 5 heteroatoms. The van der Waals surface area contributed by atoms with E-state index in [1.165, 1.54) is 32.1 Å². The third-order valence-corrected chi connectivity index (χ3v) is 5.53. The Kier molecular flexibility index (Phi) is 7.16. The number of carbonyl (C=O) groups excluding carboxylic acids is 1. The van der Waals surface area contributed by atoms with Crippen LogP contribution in [0.4, 0.5) is 0 Å². The van der Waals surface area contributed by atoms with E-state index in [0.29, 0.717) is 6.10 Å². The summed E-state index contributed by atoms with van der Waals surface area (Å²) in [6.07, 6.45) is 9.10. The van der Waals surface area contributed by atoms with E-state index in [4.69, 9.17) is 10.5 Å². The molecule has 130 valence electrons. The van der Waals surface area contributed by atoms with Crippen molar-refractivity contribution in [3.63, 3.8) is 0 Å². The fourth-order valence-electron chi connectivity index (χ4n) is 4.22. The first kappa shape index (κ1) is 19.7. The number of rotatable bonds is 6. The van der Waals surface area contributed by atoms with Crippen LogP contribution in [0.1, 0.15) is 72.1 Å². The summed E-state index contributed by atoms with van der Waals surface area (Å²) < 4.78 is 5.93. The normalized spacial score (nSPS) is 29.1. The average Bonchev–Trinajstić information content (AvgIpc) is 2.46. The van der Waals surface area contributed by atoms with E-state index < -0.39 is 5.54 Å². The first-order valence-electron chi connectivity index (χ1n) is 8.67. The summed E-state index contributed by atoms with van der Waals surface area (Å²) in [4.78, 5) is 12.5. The van der Waals surface area contributed by atoms with Crippen molar-refractivity contribution in [2.24, 2.45) is 11.1 Å². The van der Waals surface area contributed by atoms with Crippen molar-refractivity contribution < 1.29 is 9.53 Å².